The van der Waals surface area contributed by atoms with E-state index in [2.05, 4.69) is 25.6 Å². The molecule has 0 radical (unpaired) electrons. The highest BCUT2D eigenvalue weighted by Gasteiger charge is 2.41. The molecule has 10 heteroatoms. The molecule has 2 aromatic heterocycles. The first-order chi connectivity index (χ1) is 14.2. The number of nitrogens with zero attached hydrogens (tertiary/aromatic N) is 5. The van der Waals surface area contributed by atoms with E-state index in [1.807, 2.05) is 6.92 Å². The van der Waals surface area contributed by atoms with Crippen LogP contribution in [0.3, 0.4) is 0 Å². The third-order valence-electron chi connectivity index (χ3n) is 5.27. The van der Waals surface area contributed by atoms with Gasteiger partial charge in [-0.15, -0.1) is 5.10 Å². The van der Waals surface area contributed by atoms with Crippen LogP contribution in [-0.4, -0.2) is 36.1 Å². The van der Waals surface area contributed by atoms with E-state index in [4.69, 9.17) is 0 Å². The first-order valence-corrected chi connectivity index (χ1v) is 9.54. The molecule has 3 heterocycles. The highest BCUT2D eigenvalue weighted by molar-refractivity contribution is 5.30. The zero-order valence-corrected chi connectivity index (χ0v) is 16.2. The van der Waals surface area contributed by atoms with Gasteiger partial charge in [-0.3, -0.25) is 9.97 Å². The Balaban J connectivity index is 1.53. The molecule has 3 atom stereocenters. The van der Waals surface area contributed by atoms with Crippen molar-refractivity contribution in [3.8, 4) is 0 Å². The third kappa shape index (κ3) is 4.34. The normalized spacial score (nSPS) is 24.7. The van der Waals surface area contributed by atoms with Gasteiger partial charge in [0.25, 0.3) is 0 Å². The van der Waals surface area contributed by atoms with E-state index in [1.165, 1.54) is 12.1 Å². The van der Waals surface area contributed by atoms with E-state index >= 15 is 0 Å². The second-order valence-corrected chi connectivity index (χ2v) is 7.67. The van der Waals surface area contributed by atoms with Gasteiger partial charge in [0.05, 0.1) is 47.5 Å². The van der Waals surface area contributed by atoms with Crippen LogP contribution in [-0.2, 0) is 18.3 Å². The van der Waals surface area contributed by atoms with Gasteiger partial charge in [0.2, 0.25) is 0 Å². The van der Waals surface area contributed by atoms with Crippen molar-refractivity contribution in [3.63, 3.8) is 0 Å². The molecule has 30 heavy (non-hydrogen) atoms. The first kappa shape index (κ1) is 20.4. The number of nitrogens with one attached hydrogen (secondary N) is 1. The maximum absolute atomic E-state index is 12.9. The molecule has 2 N–H and O–H groups in total. The van der Waals surface area contributed by atoms with Crippen molar-refractivity contribution in [1.82, 2.24) is 30.3 Å². The Hall–Kier alpha value is -2.85. The highest BCUT2D eigenvalue weighted by Crippen LogP contribution is 2.40. The fourth-order valence-corrected chi connectivity index (χ4v) is 3.91. The maximum atomic E-state index is 12.9. The minimum Gasteiger partial charge on any atom is -0.385 e. The van der Waals surface area contributed by atoms with E-state index in [0.717, 1.165) is 17.8 Å². The molecule has 1 fully saturated rings. The molecule has 0 spiro atoms. The van der Waals surface area contributed by atoms with Crippen molar-refractivity contribution < 1.29 is 18.3 Å². The van der Waals surface area contributed by atoms with Crippen LogP contribution in [0.2, 0.25) is 0 Å². The fraction of sp³-hybridized carbons (Fsp3) is 0.400. The summed E-state index contributed by atoms with van der Waals surface area (Å²) in [4.78, 5) is 8.23. The van der Waals surface area contributed by atoms with Gasteiger partial charge < -0.3 is 10.4 Å². The number of rotatable bonds is 4. The predicted molar refractivity (Wildman–Crippen MR) is 101 cm³/mol. The highest BCUT2D eigenvalue weighted by atomic mass is 19.4. The summed E-state index contributed by atoms with van der Waals surface area (Å²) in [6.07, 6.45) is 2.85. The minimum atomic E-state index is -4.41. The summed E-state index contributed by atoms with van der Waals surface area (Å²) in [5.41, 5.74) is -0.161. The van der Waals surface area contributed by atoms with Gasteiger partial charge in [-0.25, -0.2) is 4.68 Å². The Bertz CT molecular complexity index is 992. The lowest BCUT2D eigenvalue weighted by molar-refractivity contribution is -0.137. The number of alkyl halides is 3. The van der Waals surface area contributed by atoms with Crippen LogP contribution in [0.1, 0.15) is 48.3 Å². The summed E-state index contributed by atoms with van der Waals surface area (Å²) in [5, 5.41) is 23.0. The molecule has 158 valence electrons. The molecule has 0 aliphatic carbocycles. The third-order valence-corrected chi connectivity index (χ3v) is 5.27. The molecule has 1 saturated heterocycles. The van der Waals surface area contributed by atoms with Gasteiger partial charge in [0.1, 0.15) is 0 Å². The number of piperidine rings is 1. The predicted octanol–water partition coefficient (Wildman–Crippen LogP) is 2.84. The molecule has 1 aromatic carbocycles. The number of hydrogen-bond donors (Lipinski definition) is 2. The summed E-state index contributed by atoms with van der Waals surface area (Å²) in [6.45, 7) is 2.33. The van der Waals surface area contributed by atoms with E-state index in [0.29, 0.717) is 24.2 Å². The lowest BCUT2D eigenvalue weighted by atomic mass is 9.78. The van der Waals surface area contributed by atoms with Crippen LogP contribution in [0.25, 0.3) is 0 Å². The number of aromatic nitrogens is 5. The Morgan fingerprint density at radius 3 is 2.63 bits per heavy atom. The molecule has 1 aliphatic rings. The van der Waals surface area contributed by atoms with Crippen LogP contribution in [0.4, 0.5) is 13.2 Å². The summed E-state index contributed by atoms with van der Waals surface area (Å²) in [7, 11) is 0. The standard InChI is InChI=1S/C20H21F3N6O/c1-13-8-19(30,14-2-4-15(5-3-14)20(21,22)23)9-17(26-13)18-12-29(28-27-18)11-16-10-24-6-7-25-16/h2-7,10,12-13,17,26,30H,8-9,11H2,1H3/t13-,17-,19?/m0/s1. The molecule has 0 amide bonds. The largest absolute Gasteiger partial charge is 0.416 e. The minimum absolute atomic E-state index is 0.0683. The summed E-state index contributed by atoms with van der Waals surface area (Å²) < 4.78 is 40.2. The van der Waals surface area contributed by atoms with Gasteiger partial charge in [0.15, 0.2) is 0 Å². The van der Waals surface area contributed by atoms with Crippen molar-refractivity contribution in [1.29, 1.82) is 0 Å². The average Bonchev–Trinajstić information content (AvgIpc) is 3.16. The second kappa shape index (κ2) is 7.77. The summed E-state index contributed by atoms with van der Waals surface area (Å²) in [6, 6.07) is 4.35. The molecule has 3 aromatic rings. The smallest absolute Gasteiger partial charge is 0.385 e. The number of hydrogen-bond acceptors (Lipinski definition) is 6. The average molecular weight is 418 g/mol. The Morgan fingerprint density at radius 2 is 1.97 bits per heavy atom. The molecule has 1 aliphatic heterocycles. The van der Waals surface area contributed by atoms with E-state index < -0.39 is 17.3 Å². The Kier molecular flexibility index (Phi) is 5.29. The molecule has 0 bridgehead atoms. The van der Waals surface area contributed by atoms with Gasteiger partial charge in [-0.2, -0.15) is 13.2 Å². The summed E-state index contributed by atoms with van der Waals surface area (Å²) >= 11 is 0. The number of aliphatic hydroxyl groups is 1. The lowest BCUT2D eigenvalue weighted by Gasteiger charge is -2.40. The van der Waals surface area contributed by atoms with Crippen molar-refractivity contribution >= 4 is 0 Å². The van der Waals surface area contributed by atoms with Gasteiger partial charge in [-0.1, -0.05) is 17.3 Å². The van der Waals surface area contributed by atoms with Crippen molar-refractivity contribution in [2.45, 2.75) is 50.2 Å². The first-order valence-electron chi connectivity index (χ1n) is 9.54. The van der Waals surface area contributed by atoms with E-state index in [1.54, 1.807) is 29.5 Å². The molecule has 0 saturated carbocycles. The zero-order valence-electron chi connectivity index (χ0n) is 16.2. The molecule has 7 nitrogen and oxygen atoms in total. The topological polar surface area (TPSA) is 88.8 Å². The number of halogens is 3. The monoisotopic (exact) mass is 418 g/mol. The van der Waals surface area contributed by atoms with Crippen LogP contribution >= 0.6 is 0 Å². The van der Waals surface area contributed by atoms with Crippen LogP contribution in [0, 0.1) is 0 Å². The Morgan fingerprint density at radius 1 is 1.20 bits per heavy atom. The van der Waals surface area contributed by atoms with Gasteiger partial charge in [0, 0.05) is 24.9 Å². The van der Waals surface area contributed by atoms with E-state index in [9.17, 15) is 18.3 Å². The summed E-state index contributed by atoms with van der Waals surface area (Å²) in [5.74, 6) is 0. The van der Waals surface area contributed by atoms with Crippen LogP contribution in [0.5, 0.6) is 0 Å². The van der Waals surface area contributed by atoms with E-state index in [-0.39, 0.29) is 18.5 Å². The quantitative estimate of drug-likeness (QED) is 0.678. The Labute approximate surface area is 171 Å². The fourth-order valence-electron chi connectivity index (χ4n) is 3.91. The second-order valence-electron chi connectivity index (χ2n) is 7.67. The molecule has 1 unspecified atom stereocenters. The molecule has 4 rings (SSSR count). The SMILES string of the molecule is C[C@H]1CC(O)(c2ccc(C(F)(F)F)cc2)C[C@@H](c2cn(Cc3cnccn3)nn2)N1. The van der Waals surface area contributed by atoms with Crippen molar-refractivity contribution in [2.24, 2.45) is 0 Å². The van der Waals surface area contributed by atoms with Crippen molar-refractivity contribution in [2.75, 3.05) is 0 Å². The lowest BCUT2D eigenvalue weighted by Crippen LogP contribution is -2.47. The zero-order chi connectivity index (χ0) is 21.4. The maximum Gasteiger partial charge on any atom is 0.416 e. The molecular weight excluding hydrogens is 397 g/mol. The van der Waals surface area contributed by atoms with Crippen LogP contribution < -0.4 is 5.32 Å². The van der Waals surface area contributed by atoms with Gasteiger partial charge >= 0.3 is 6.18 Å². The molecular formula is C20H21F3N6O. The van der Waals surface area contributed by atoms with Crippen LogP contribution in [0.15, 0.2) is 49.1 Å². The van der Waals surface area contributed by atoms with Crippen molar-refractivity contribution in [3.05, 3.63) is 71.6 Å². The van der Waals surface area contributed by atoms with Gasteiger partial charge in [-0.05, 0) is 31.0 Å². The number of benzene rings is 1.